The summed E-state index contributed by atoms with van der Waals surface area (Å²) in [5, 5.41) is -0.479. The first kappa shape index (κ1) is 12.9. The number of rotatable bonds is 4. The van der Waals surface area contributed by atoms with Crippen LogP contribution in [0.25, 0.3) is 0 Å². The Hall–Kier alpha value is -1.16. The Morgan fingerprint density at radius 2 is 1.69 bits per heavy atom. The Bertz CT molecular complexity index is 475. The molecule has 0 aliphatic heterocycles. The molecule has 0 aliphatic carbocycles. The highest BCUT2D eigenvalue weighted by atomic mass is 32.2. The van der Waals surface area contributed by atoms with Crippen LogP contribution in [-0.2, 0) is 14.6 Å². The molecule has 0 aromatic heterocycles. The molecular weight excluding hydrogens is 224 g/mol. The van der Waals surface area contributed by atoms with Crippen molar-refractivity contribution in [1.29, 1.82) is 0 Å². The monoisotopic (exact) mass is 240 g/mol. The van der Waals surface area contributed by atoms with Gasteiger partial charge < -0.3 is 4.79 Å². The predicted octanol–water partition coefficient (Wildman–Crippen LogP) is 2.17. The molecule has 0 aliphatic rings. The summed E-state index contributed by atoms with van der Waals surface area (Å²) in [6, 6.07) is 6.67. The lowest BCUT2D eigenvalue weighted by Gasteiger charge is -2.14. The van der Waals surface area contributed by atoms with Gasteiger partial charge in [-0.05, 0) is 25.5 Å². The van der Waals surface area contributed by atoms with Gasteiger partial charge in [0.1, 0.15) is 6.29 Å². The normalized spacial score (nSPS) is 13.8. The average Bonchev–Trinajstić information content (AvgIpc) is 2.27. The summed E-state index contributed by atoms with van der Waals surface area (Å²) in [5.74, 6) is -0.398. The zero-order valence-electron chi connectivity index (χ0n) is 9.67. The van der Waals surface area contributed by atoms with Gasteiger partial charge in [-0.15, -0.1) is 0 Å². The van der Waals surface area contributed by atoms with Gasteiger partial charge in [0.05, 0.1) is 10.1 Å². The average molecular weight is 240 g/mol. The Kier molecular flexibility index (Phi) is 3.86. The quantitative estimate of drug-likeness (QED) is 0.758. The standard InChI is InChI=1S/C12H16O3S/c1-9(2)16(14,15)12-7-5-4-6-11(12)10(3)8-13/h4-10H,1-3H3. The summed E-state index contributed by atoms with van der Waals surface area (Å²) in [6.07, 6.45) is 0.759. The topological polar surface area (TPSA) is 51.2 Å². The molecule has 1 rings (SSSR count). The molecular formula is C12H16O3S. The van der Waals surface area contributed by atoms with Crippen molar-refractivity contribution in [1.82, 2.24) is 0 Å². The first-order valence-electron chi connectivity index (χ1n) is 5.19. The summed E-state index contributed by atoms with van der Waals surface area (Å²) < 4.78 is 24.1. The second-order valence-corrected chi connectivity index (χ2v) is 6.53. The van der Waals surface area contributed by atoms with Crippen LogP contribution in [0.15, 0.2) is 29.2 Å². The highest BCUT2D eigenvalue weighted by Crippen LogP contribution is 2.25. The van der Waals surface area contributed by atoms with Crippen molar-refractivity contribution in [2.24, 2.45) is 0 Å². The zero-order chi connectivity index (χ0) is 12.3. The van der Waals surface area contributed by atoms with E-state index in [9.17, 15) is 13.2 Å². The Balaban J connectivity index is 3.40. The number of benzene rings is 1. The van der Waals surface area contributed by atoms with Crippen molar-refractivity contribution < 1.29 is 13.2 Å². The minimum atomic E-state index is -3.32. The summed E-state index contributed by atoms with van der Waals surface area (Å²) in [6.45, 7) is 4.97. The molecule has 0 heterocycles. The van der Waals surface area contributed by atoms with Gasteiger partial charge in [-0.1, -0.05) is 25.1 Å². The molecule has 16 heavy (non-hydrogen) atoms. The molecule has 4 heteroatoms. The van der Waals surface area contributed by atoms with Crippen LogP contribution in [0.5, 0.6) is 0 Å². The van der Waals surface area contributed by atoms with Crippen LogP contribution in [-0.4, -0.2) is 20.0 Å². The fourth-order valence-electron chi connectivity index (χ4n) is 1.44. The fourth-order valence-corrected chi connectivity index (χ4v) is 2.80. The van der Waals surface area contributed by atoms with Gasteiger partial charge in [-0.25, -0.2) is 8.42 Å². The largest absolute Gasteiger partial charge is 0.303 e. The molecule has 88 valence electrons. The van der Waals surface area contributed by atoms with Gasteiger partial charge in [0.25, 0.3) is 0 Å². The number of aldehydes is 1. The molecule has 0 saturated heterocycles. The fraction of sp³-hybridized carbons (Fsp3) is 0.417. The van der Waals surface area contributed by atoms with Crippen LogP contribution in [0.1, 0.15) is 32.3 Å². The number of carbonyl (C=O) groups is 1. The van der Waals surface area contributed by atoms with Crippen molar-refractivity contribution in [2.45, 2.75) is 36.8 Å². The van der Waals surface area contributed by atoms with Gasteiger partial charge in [-0.3, -0.25) is 0 Å². The lowest BCUT2D eigenvalue weighted by atomic mass is 10.0. The Labute approximate surface area is 96.4 Å². The number of hydrogen-bond donors (Lipinski definition) is 0. The molecule has 1 aromatic carbocycles. The summed E-state index contributed by atoms with van der Waals surface area (Å²) in [7, 11) is -3.32. The molecule has 0 amide bonds. The van der Waals surface area contributed by atoms with Crippen LogP contribution in [0, 0.1) is 0 Å². The van der Waals surface area contributed by atoms with E-state index in [2.05, 4.69) is 0 Å². The number of hydrogen-bond acceptors (Lipinski definition) is 3. The molecule has 0 bridgehead atoms. The second-order valence-electron chi connectivity index (χ2n) is 4.06. The maximum Gasteiger partial charge on any atom is 0.180 e. The third kappa shape index (κ3) is 2.32. The molecule has 1 aromatic rings. The molecule has 0 spiro atoms. The predicted molar refractivity (Wildman–Crippen MR) is 63.2 cm³/mol. The van der Waals surface area contributed by atoms with E-state index >= 15 is 0 Å². The lowest BCUT2D eigenvalue weighted by Crippen LogP contribution is -2.16. The maximum atomic E-state index is 12.1. The third-order valence-electron chi connectivity index (χ3n) is 2.54. The molecule has 0 fully saturated rings. The van der Waals surface area contributed by atoms with Gasteiger partial charge >= 0.3 is 0 Å². The highest BCUT2D eigenvalue weighted by molar-refractivity contribution is 7.92. The zero-order valence-corrected chi connectivity index (χ0v) is 10.5. The third-order valence-corrected chi connectivity index (χ3v) is 4.77. The van der Waals surface area contributed by atoms with Crippen molar-refractivity contribution in [3.63, 3.8) is 0 Å². The summed E-state index contributed by atoms with van der Waals surface area (Å²) in [4.78, 5) is 11.0. The van der Waals surface area contributed by atoms with E-state index in [0.29, 0.717) is 5.56 Å². The van der Waals surface area contributed by atoms with E-state index in [1.165, 1.54) is 0 Å². The second kappa shape index (κ2) is 4.78. The van der Waals surface area contributed by atoms with E-state index < -0.39 is 21.0 Å². The summed E-state index contributed by atoms with van der Waals surface area (Å²) >= 11 is 0. The smallest absolute Gasteiger partial charge is 0.180 e. The molecule has 1 unspecified atom stereocenters. The number of sulfone groups is 1. The minimum Gasteiger partial charge on any atom is -0.303 e. The van der Waals surface area contributed by atoms with Crippen molar-refractivity contribution in [3.8, 4) is 0 Å². The van der Waals surface area contributed by atoms with Gasteiger partial charge in [0, 0.05) is 5.92 Å². The van der Waals surface area contributed by atoms with Crippen LogP contribution in [0.2, 0.25) is 0 Å². The maximum absolute atomic E-state index is 12.1. The molecule has 3 nitrogen and oxygen atoms in total. The SMILES string of the molecule is CC(C=O)c1ccccc1S(=O)(=O)C(C)C. The minimum absolute atomic E-state index is 0.268. The van der Waals surface area contributed by atoms with E-state index in [0.717, 1.165) is 6.29 Å². The van der Waals surface area contributed by atoms with Gasteiger partial charge in [0.15, 0.2) is 9.84 Å². The molecule has 1 atom stereocenters. The van der Waals surface area contributed by atoms with E-state index in [1.807, 2.05) is 0 Å². The lowest BCUT2D eigenvalue weighted by molar-refractivity contribution is -0.108. The first-order valence-corrected chi connectivity index (χ1v) is 6.74. The van der Waals surface area contributed by atoms with Crippen LogP contribution in [0.3, 0.4) is 0 Å². The van der Waals surface area contributed by atoms with Gasteiger partial charge in [0.2, 0.25) is 0 Å². The van der Waals surface area contributed by atoms with Crippen molar-refractivity contribution in [2.75, 3.05) is 0 Å². The molecule has 0 N–H and O–H groups in total. The van der Waals surface area contributed by atoms with Gasteiger partial charge in [-0.2, -0.15) is 0 Å². The van der Waals surface area contributed by atoms with Crippen LogP contribution >= 0.6 is 0 Å². The van der Waals surface area contributed by atoms with Crippen LogP contribution < -0.4 is 0 Å². The molecule has 0 radical (unpaired) electrons. The van der Waals surface area contributed by atoms with E-state index in [-0.39, 0.29) is 4.90 Å². The van der Waals surface area contributed by atoms with Crippen molar-refractivity contribution in [3.05, 3.63) is 29.8 Å². The van der Waals surface area contributed by atoms with E-state index in [1.54, 1.807) is 45.0 Å². The van der Waals surface area contributed by atoms with E-state index in [4.69, 9.17) is 0 Å². The molecule has 0 saturated carbocycles. The first-order chi connectivity index (χ1) is 7.41. The summed E-state index contributed by atoms with van der Waals surface area (Å²) in [5.41, 5.74) is 0.575. The number of carbonyl (C=O) groups excluding carboxylic acids is 1. The Morgan fingerprint density at radius 3 is 2.19 bits per heavy atom. The highest BCUT2D eigenvalue weighted by Gasteiger charge is 2.23. The van der Waals surface area contributed by atoms with Crippen molar-refractivity contribution >= 4 is 16.1 Å². The Morgan fingerprint density at radius 1 is 1.12 bits per heavy atom. The van der Waals surface area contributed by atoms with Crippen LogP contribution in [0.4, 0.5) is 0 Å².